The molecule has 0 aliphatic carbocycles. The quantitative estimate of drug-likeness (QED) is 0.166. The van der Waals surface area contributed by atoms with Gasteiger partial charge in [-0.3, -0.25) is 9.13 Å². The van der Waals surface area contributed by atoms with Gasteiger partial charge in [-0.15, -0.1) is 0 Å². The van der Waals surface area contributed by atoms with Crippen LogP contribution in [0.1, 0.15) is 0 Å². The van der Waals surface area contributed by atoms with Crippen molar-refractivity contribution < 1.29 is 0 Å². The van der Waals surface area contributed by atoms with Gasteiger partial charge in [-0.1, -0.05) is 133 Å². The molecule has 0 amide bonds. The molecule has 3 aromatic heterocycles. The van der Waals surface area contributed by atoms with Crippen LogP contribution in [-0.2, 0) is 0 Å². The third kappa shape index (κ3) is 5.61. The van der Waals surface area contributed by atoms with E-state index in [9.17, 15) is 0 Å². The minimum Gasteiger partial charge on any atom is -0.292 e. The SMILES string of the molecule is c1ccc(-c2nc(-c3ccc(-c4nc5ccccc5n4-c4ccccc4)cc3)nc(-c3ccc4c(c3)nc(-c3ccccc3)n4-c3ccccc3)n2)cc1. The van der Waals surface area contributed by atoms with Gasteiger partial charge in [0.2, 0.25) is 0 Å². The van der Waals surface area contributed by atoms with E-state index in [2.05, 4.69) is 112 Å². The van der Waals surface area contributed by atoms with E-state index in [1.807, 2.05) is 84.9 Å². The lowest BCUT2D eigenvalue weighted by atomic mass is 10.1. The van der Waals surface area contributed by atoms with Gasteiger partial charge in [0.05, 0.1) is 22.1 Å². The average molecular weight is 694 g/mol. The Morgan fingerprint density at radius 2 is 0.667 bits per heavy atom. The van der Waals surface area contributed by atoms with Crippen LogP contribution in [0.15, 0.2) is 188 Å². The first-order chi connectivity index (χ1) is 26.8. The fourth-order valence-corrected chi connectivity index (χ4v) is 7.02. The molecule has 0 bridgehead atoms. The van der Waals surface area contributed by atoms with E-state index in [4.69, 9.17) is 24.9 Å². The molecule has 7 aromatic carbocycles. The van der Waals surface area contributed by atoms with Crippen molar-refractivity contribution in [1.82, 2.24) is 34.1 Å². The molecule has 10 aromatic rings. The maximum absolute atomic E-state index is 5.17. The number of fused-ring (bicyclic) bond motifs is 2. The average Bonchev–Trinajstić information content (AvgIpc) is 3.84. The third-order valence-electron chi connectivity index (χ3n) is 9.60. The molecular formula is C47H31N7. The van der Waals surface area contributed by atoms with Gasteiger partial charge in [-0.25, -0.2) is 24.9 Å². The van der Waals surface area contributed by atoms with Gasteiger partial charge in [0.25, 0.3) is 0 Å². The van der Waals surface area contributed by atoms with Crippen LogP contribution in [-0.4, -0.2) is 34.1 Å². The summed E-state index contributed by atoms with van der Waals surface area (Å²) in [5.41, 5.74) is 10.6. The Morgan fingerprint density at radius 3 is 1.26 bits per heavy atom. The van der Waals surface area contributed by atoms with Crippen LogP contribution in [0, 0.1) is 0 Å². The lowest BCUT2D eigenvalue weighted by molar-refractivity contribution is 1.07. The molecule has 7 nitrogen and oxygen atoms in total. The van der Waals surface area contributed by atoms with E-state index in [-0.39, 0.29) is 0 Å². The monoisotopic (exact) mass is 693 g/mol. The summed E-state index contributed by atoms with van der Waals surface area (Å²) >= 11 is 0. The molecule has 0 unspecified atom stereocenters. The lowest BCUT2D eigenvalue weighted by Gasteiger charge is -2.11. The first kappa shape index (κ1) is 31.2. The van der Waals surface area contributed by atoms with E-state index < -0.39 is 0 Å². The molecule has 0 aliphatic rings. The van der Waals surface area contributed by atoms with Crippen molar-refractivity contribution >= 4 is 22.1 Å². The predicted molar refractivity (Wildman–Crippen MR) is 216 cm³/mol. The van der Waals surface area contributed by atoms with Crippen molar-refractivity contribution in [3.63, 3.8) is 0 Å². The number of imidazole rings is 2. The van der Waals surface area contributed by atoms with Crippen LogP contribution in [0.25, 0.3) is 90.4 Å². The number of aromatic nitrogens is 7. The Kier molecular flexibility index (Phi) is 7.66. The van der Waals surface area contributed by atoms with Crippen LogP contribution >= 0.6 is 0 Å². The second kappa shape index (κ2) is 13.2. The van der Waals surface area contributed by atoms with Crippen LogP contribution in [0.5, 0.6) is 0 Å². The fourth-order valence-electron chi connectivity index (χ4n) is 7.02. The Balaban J connectivity index is 1.09. The van der Waals surface area contributed by atoms with E-state index in [0.29, 0.717) is 17.5 Å². The maximum Gasteiger partial charge on any atom is 0.164 e. The zero-order valence-corrected chi connectivity index (χ0v) is 29.0. The Hall–Kier alpha value is -7.51. The number of benzene rings is 7. The minimum absolute atomic E-state index is 0.575. The van der Waals surface area contributed by atoms with E-state index in [1.54, 1.807) is 0 Å². The van der Waals surface area contributed by atoms with Crippen LogP contribution < -0.4 is 0 Å². The smallest absolute Gasteiger partial charge is 0.164 e. The normalized spacial score (nSPS) is 11.3. The summed E-state index contributed by atoms with van der Waals surface area (Å²) in [5.74, 6) is 3.50. The van der Waals surface area contributed by atoms with Crippen LogP contribution in [0.4, 0.5) is 0 Å². The van der Waals surface area contributed by atoms with E-state index in [0.717, 1.165) is 72.9 Å². The molecule has 7 heteroatoms. The molecule has 3 heterocycles. The molecule has 0 atom stereocenters. The van der Waals surface area contributed by atoms with Gasteiger partial charge in [-0.05, 0) is 54.6 Å². The zero-order chi connectivity index (χ0) is 35.8. The van der Waals surface area contributed by atoms with Crippen molar-refractivity contribution in [2.24, 2.45) is 0 Å². The predicted octanol–water partition coefficient (Wildman–Crippen LogP) is 10.9. The van der Waals surface area contributed by atoms with Gasteiger partial charge >= 0.3 is 0 Å². The molecule has 0 spiro atoms. The summed E-state index contributed by atoms with van der Waals surface area (Å²) < 4.78 is 4.41. The Bertz CT molecular complexity index is 2900. The number of hydrogen-bond acceptors (Lipinski definition) is 5. The minimum atomic E-state index is 0.575. The highest BCUT2D eigenvalue weighted by Crippen LogP contribution is 2.33. The highest BCUT2D eigenvalue weighted by Gasteiger charge is 2.19. The Labute approximate surface area is 311 Å². The number of hydrogen-bond donors (Lipinski definition) is 0. The fraction of sp³-hybridized carbons (Fsp3) is 0. The number of para-hydroxylation sites is 4. The molecular weight excluding hydrogens is 663 g/mol. The maximum atomic E-state index is 5.17. The van der Waals surface area contributed by atoms with Gasteiger partial charge in [0.15, 0.2) is 17.5 Å². The first-order valence-electron chi connectivity index (χ1n) is 17.9. The molecule has 0 aliphatic heterocycles. The number of nitrogens with zero attached hydrogens (tertiary/aromatic N) is 7. The molecule has 0 saturated carbocycles. The Morgan fingerprint density at radius 1 is 0.278 bits per heavy atom. The first-order valence-corrected chi connectivity index (χ1v) is 17.9. The third-order valence-corrected chi connectivity index (χ3v) is 9.60. The van der Waals surface area contributed by atoms with Gasteiger partial charge in [-0.2, -0.15) is 0 Å². The largest absolute Gasteiger partial charge is 0.292 e. The van der Waals surface area contributed by atoms with E-state index >= 15 is 0 Å². The summed E-state index contributed by atoms with van der Waals surface area (Å²) in [4.78, 5) is 25.3. The van der Waals surface area contributed by atoms with E-state index in [1.165, 1.54) is 0 Å². The molecule has 0 N–H and O–H groups in total. The van der Waals surface area contributed by atoms with Gasteiger partial charge in [0.1, 0.15) is 11.6 Å². The summed E-state index contributed by atoms with van der Waals surface area (Å²) in [6.07, 6.45) is 0. The molecule has 0 radical (unpaired) electrons. The van der Waals surface area contributed by atoms with Crippen molar-refractivity contribution in [1.29, 1.82) is 0 Å². The van der Waals surface area contributed by atoms with Crippen LogP contribution in [0.2, 0.25) is 0 Å². The summed E-state index contributed by atoms with van der Waals surface area (Å²) in [6.45, 7) is 0. The van der Waals surface area contributed by atoms with Crippen LogP contribution in [0.3, 0.4) is 0 Å². The number of rotatable bonds is 7. The van der Waals surface area contributed by atoms with Gasteiger partial charge < -0.3 is 0 Å². The molecule has 0 saturated heterocycles. The standard InChI is InChI=1S/C47H31N7/c1-5-15-32(16-6-1)43-50-44(33-25-27-35(28-26-33)47-48-39-23-13-14-24-41(39)53(47)37-19-9-3-10-20-37)52-45(51-43)36-29-30-42-40(31-36)49-46(34-17-7-2-8-18-34)54(42)38-21-11-4-12-22-38/h1-31H. The van der Waals surface area contributed by atoms with Crippen molar-refractivity contribution in [2.45, 2.75) is 0 Å². The summed E-state index contributed by atoms with van der Waals surface area (Å²) in [6, 6.07) is 63.8. The highest BCUT2D eigenvalue weighted by atomic mass is 15.1. The summed E-state index contributed by atoms with van der Waals surface area (Å²) in [5, 5.41) is 0. The molecule has 10 rings (SSSR count). The second-order valence-corrected chi connectivity index (χ2v) is 13.0. The van der Waals surface area contributed by atoms with Gasteiger partial charge in [0, 0.05) is 39.2 Å². The lowest BCUT2D eigenvalue weighted by Crippen LogP contribution is -2.01. The van der Waals surface area contributed by atoms with Crippen molar-refractivity contribution in [2.75, 3.05) is 0 Å². The van der Waals surface area contributed by atoms with Crippen molar-refractivity contribution in [3.05, 3.63) is 188 Å². The highest BCUT2D eigenvalue weighted by molar-refractivity contribution is 5.87. The molecule has 0 fully saturated rings. The molecule has 254 valence electrons. The summed E-state index contributed by atoms with van der Waals surface area (Å²) in [7, 11) is 0. The second-order valence-electron chi connectivity index (χ2n) is 13.0. The van der Waals surface area contributed by atoms with Crippen molar-refractivity contribution in [3.8, 4) is 68.3 Å². The topological polar surface area (TPSA) is 74.3 Å². The zero-order valence-electron chi connectivity index (χ0n) is 29.0. The molecule has 54 heavy (non-hydrogen) atoms.